The smallest absolute Gasteiger partial charge is 0.119 e. The second-order valence-corrected chi connectivity index (χ2v) is 6.86. The molecule has 1 aromatic heterocycles. The van der Waals surface area contributed by atoms with E-state index in [0.29, 0.717) is 6.04 Å². The van der Waals surface area contributed by atoms with E-state index in [1.807, 2.05) is 24.5 Å². The van der Waals surface area contributed by atoms with E-state index in [1.165, 1.54) is 5.56 Å². The van der Waals surface area contributed by atoms with Crippen molar-refractivity contribution in [1.82, 2.24) is 4.90 Å². The zero-order valence-electron chi connectivity index (χ0n) is 14.0. The lowest BCUT2D eigenvalue weighted by atomic mass is 9.97. The molecule has 1 aromatic carbocycles. The first kappa shape index (κ1) is 15.5. The first-order valence-electron chi connectivity index (χ1n) is 8.53. The van der Waals surface area contributed by atoms with Gasteiger partial charge in [-0.15, -0.1) is 0 Å². The van der Waals surface area contributed by atoms with Crippen LogP contribution in [-0.4, -0.2) is 43.3 Å². The highest BCUT2D eigenvalue weighted by molar-refractivity contribution is 5.47. The van der Waals surface area contributed by atoms with Gasteiger partial charge in [0.05, 0.1) is 37.9 Å². The summed E-state index contributed by atoms with van der Waals surface area (Å²) < 4.78 is 16.6. The zero-order valence-corrected chi connectivity index (χ0v) is 14.0. The number of rotatable bonds is 5. The molecule has 0 bridgehead atoms. The Morgan fingerprint density at radius 3 is 2.92 bits per heavy atom. The molecule has 1 N–H and O–H groups in total. The minimum absolute atomic E-state index is 0.00781. The molecule has 5 heteroatoms. The maximum Gasteiger partial charge on any atom is 0.119 e. The predicted molar refractivity (Wildman–Crippen MR) is 92.3 cm³/mol. The fourth-order valence-electron chi connectivity index (χ4n) is 3.85. The number of ether oxygens (including phenoxy) is 2. The molecule has 128 valence electrons. The first-order chi connectivity index (χ1) is 11.7. The quantitative estimate of drug-likeness (QED) is 0.914. The molecule has 4 rings (SSSR count). The van der Waals surface area contributed by atoms with Crippen LogP contribution in [0.1, 0.15) is 18.4 Å². The van der Waals surface area contributed by atoms with E-state index in [2.05, 4.69) is 22.3 Å². The molecule has 2 saturated heterocycles. The summed E-state index contributed by atoms with van der Waals surface area (Å²) in [5.41, 5.74) is 2.36. The summed E-state index contributed by atoms with van der Waals surface area (Å²) in [6.45, 7) is 3.79. The second kappa shape index (κ2) is 6.49. The molecule has 2 aliphatic rings. The Bertz CT molecular complexity index is 656. The molecule has 2 aromatic rings. The minimum atomic E-state index is 0.00781. The fraction of sp³-hybridized carbons (Fsp3) is 0.474. The van der Waals surface area contributed by atoms with E-state index in [9.17, 15) is 0 Å². The maximum absolute atomic E-state index is 6.23. The number of furan rings is 1. The fourth-order valence-corrected chi connectivity index (χ4v) is 3.85. The van der Waals surface area contributed by atoms with Gasteiger partial charge in [0, 0.05) is 37.3 Å². The number of benzene rings is 1. The van der Waals surface area contributed by atoms with Gasteiger partial charge in [0.25, 0.3) is 0 Å². The monoisotopic (exact) mass is 328 g/mol. The summed E-state index contributed by atoms with van der Waals surface area (Å²) in [5.74, 6) is 0.880. The van der Waals surface area contributed by atoms with Crippen LogP contribution < -0.4 is 10.1 Å². The van der Waals surface area contributed by atoms with Gasteiger partial charge < -0.3 is 19.2 Å². The Balaban J connectivity index is 1.32. The Morgan fingerprint density at radius 1 is 1.29 bits per heavy atom. The van der Waals surface area contributed by atoms with Crippen LogP contribution in [0.2, 0.25) is 0 Å². The molecule has 2 aliphatic heterocycles. The first-order valence-corrected chi connectivity index (χ1v) is 8.53. The molecule has 24 heavy (non-hydrogen) atoms. The Labute approximate surface area is 142 Å². The third-order valence-electron chi connectivity index (χ3n) is 5.05. The van der Waals surface area contributed by atoms with Gasteiger partial charge in [-0.3, -0.25) is 4.90 Å². The highest BCUT2D eigenvalue weighted by Gasteiger charge is 2.45. The summed E-state index contributed by atoms with van der Waals surface area (Å²) >= 11 is 0. The highest BCUT2D eigenvalue weighted by Crippen LogP contribution is 2.36. The number of likely N-dealkylation sites (tertiary alicyclic amines) is 1. The number of nitrogens with zero attached hydrogens (tertiary/aromatic N) is 1. The van der Waals surface area contributed by atoms with Gasteiger partial charge in [0.2, 0.25) is 0 Å². The van der Waals surface area contributed by atoms with Crippen LogP contribution in [0.15, 0.2) is 47.3 Å². The van der Waals surface area contributed by atoms with Crippen molar-refractivity contribution in [2.45, 2.75) is 31.0 Å². The highest BCUT2D eigenvalue weighted by atomic mass is 16.5. The molecule has 0 amide bonds. The van der Waals surface area contributed by atoms with E-state index in [-0.39, 0.29) is 5.60 Å². The van der Waals surface area contributed by atoms with Crippen LogP contribution >= 0.6 is 0 Å². The Morgan fingerprint density at radius 2 is 2.17 bits per heavy atom. The largest absolute Gasteiger partial charge is 0.497 e. The summed E-state index contributed by atoms with van der Waals surface area (Å²) in [6.07, 6.45) is 5.73. The Hall–Kier alpha value is -1.98. The average molecular weight is 328 g/mol. The van der Waals surface area contributed by atoms with E-state index in [1.54, 1.807) is 13.4 Å². The summed E-state index contributed by atoms with van der Waals surface area (Å²) in [7, 11) is 1.69. The maximum atomic E-state index is 6.23. The van der Waals surface area contributed by atoms with Crippen LogP contribution in [0.3, 0.4) is 0 Å². The van der Waals surface area contributed by atoms with Crippen LogP contribution in [0.25, 0.3) is 0 Å². The zero-order chi connectivity index (χ0) is 16.4. The average Bonchev–Trinajstić information content (AvgIpc) is 3.33. The van der Waals surface area contributed by atoms with Gasteiger partial charge in [-0.25, -0.2) is 0 Å². The molecular weight excluding hydrogens is 304 g/mol. The lowest BCUT2D eigenvalue weighted by Gasteiger charge is -2.23. The van der Waals surface area contributed by atoms with E-state index in [0.717, 1.165) is 50.5 Å². The molecule has 2 fully saturated rings. The molecule has 2 atom stereocenters. The topological polar surface area (TPSA) is 46.9 Å². The van der Waals surface area contributed by atoms with Gasteiger partial charge in [-0.1, -0.05) is 0 Å². The number of methoxy groups -OCH3 is 1. The standard InChI is InChI=1S/C19H24N2O3/c1-22-18-4-2-16(3-5-18)20-17-10-19(24-13-17)7-8-21(14-19)11-15-6-9-23-12-15/h2-6,9,12,17,20H,7-8,10-11,13-14H2,1H3/t17-,19-/m1/s1. The van der Waals surface area contributed by atoms with Gasteiger partial charge in [-0.2, -0.15) is 0 Å². The van der Waals surface area contributed by atoms with Crippen LogP contribution in [0, 0.1) is 0 Å². The lowest BCUT2D eigenvalue weighted by molar-refractivity contribution is 0.0120. The van der Waals surface area contributed by atoms with Crippen molar-refractivity contribution in [2.75, 3.05) is 32.1 Å². The van der Waals surface area contributed by atoms with Crippen LogP contribution in [0.4, 0.5) is 5.69 Å². The predicted octanol–water partition coefficient (Wildman–Crippen LogP) is 3.13. The van der Waals surface area contributed by atoms with Crippen molar-refractivity contribution in [2.24, 2.45) is 0 Å². The number of hydrogen-bond acceptors (Lipinski definition) is 5. The van der Waals surface area contributed by atoms with Gasteiger partial charge in [0.15, 0.2) is 0 Å². The van der Waals surface area contributed by atoms with E-state index < -0.39 is 0 Å². The molecule has 1 spiro atoms. The molecule has 0 saturated carbocycles. The van der Waals surface area contributed by atoms with Crippen molar-refractivity contribution in [3.05, 3.63) is 48.4 Å². The molecule has 3 heterocycles. The van der Waals surface area contributed by atoms with E-state index >= 15 is 0 Å². The Kier molecular flexibility index (Phi) is 4.21. The van der Waals surface area contributed by atoms with Crippen molar-refractivity contribution < 1.29 is 13.9 Å². The van der Waals surface area contributed by atoms with Gasteiger partial charge in [0.1, 0.15) is 5.75 Å². The molecule has 0 aliphatic carbocycles. The molecule has 0 unspecified atom stereocenters. The summed E-state index contributed by atoms with van der Waals surface area (Å²) in [6, 6.07) is 10.5. The summed E-state index contributed by atoms with van der Waals surface area (Å²) in [5, 5.41) is 3.59. The summed E-state index contributed by atoms with van der Waals surface area (Å²) in [4.78, 5) is 2.46. The van der Waals surface area contributed by atoms with Crippen molar-refractivity contribution in [3.63, 3.8) is 0 Å². The third kappa shape index (κ3) is 3.28. The molecule has 5 nitrogen and oxygen atoms in total. The number of hydrogen-bond donors (Lipinski definition) is 1. The molecule has 0 radical (unpaired) electrons. The SMILES string of the molecule is COc1ccc(N[C@H]2CO[C@]3(CCN(Cc4ccoc4)C3)C2)cc1. The minimum Gasteiger partial charge on any atom is -0.497 e. The van der Waals surface area contributed by atoms with Crippen LogP contribution in [0.5, 0.6) is 5.75 Å². The van der Waals surface area contributed by atoms with Crippen LogP contribution in [-0.2, 0) is 11.3 Å². The third-order valence-corrected chi connectivity index (χ3v) is 5.05. The van der Waals surface area contributed by atoms with Crippen molar-refractivity contribution in [3.8, 4) is 5.75 Å². The normalized spacial score (nSPS) is 27.0. The lowest BCUT2D eigenvalue weighted by Crippen LogP contribution is -2.33. The second-order valence-electron chi connectivity index (χ2n) is 6.86. The van der Waals surface area contributed by atoms with Gasteiger partial charge in [-0.05, 0) is 36.8 Å². The van der Waals surface area contributed by atoms with Crippen molar-refractivity contribution in [1.29, 1.82) is 0 Å². The van der Waals surface area contributed by atoms with Gasteiger partial charge >= 0.3 is 0 Å². The number of anilines is 1. The number of nitrogens with one attached hydrogen (secondary N) is 1. The van der Waals surface area contributed by atoms with Crippen molar-refractivity contribution >= 4 is 5.69 Å². The molecular formula is C19H24N2O3. The van der Waals surface area contributed by atoms with E-state index in [4.69, 9.17) is 13.9 Å².